The molecular weight excluding hydrogens is 325 g/mol. The minimum Gasteiger partial charge on any atom is -0.377 e. The molecule has 19 heavy (non-hydrogen) atoms. The maximum absolute atomic E-state index is 12.8. The molecule has 7 heteroatoms. The monoisotopic (exact) mass is 334 g/mol. The summed E-state index contributed by atoms with van der Waals surface area (Å²) in [7, 11) is 0. The van der Waals surface area contributed by atoms with Gasteiger partial charge in [0.25, 0.3) is 0 Å². The van der Waals surface area contributed by atoms with Crippen LogP contribution in [0.1, 0.15) is 17.0 Å². The Kier molecular flexibility index (Phi) is 3.84. The summed E-state index contributed by atoms with van der Waals surface area (Å²) in [6.45, 7) is 1.88. The Morgan fingerprint density at radius 3 is 2.63 bits per heavy atom. The van der Waals surface area contributed by atoms with Gasteiger partial charge in [-0.2, -0.15) is 13.2 Å². The van der Waals surface area contributed by atoms with Crippen molar-refractivity contribution in [3.05, 3.63) is 45.8 Å². The van der Waals surface area contributed by atoms with Crippen LogP contribution in [0, 0.1) is 6.92 Å². The average Bonchev–Trinajstić information content (AvgIpc) is 2.71. The third-order valence-electron chi connectivity index (χ3n) is 2.42. The molecule has 0 radical (unpaired) electrons. The Hall–Kier alpha value is -1.50. The van der Waals surface area contributed by atoms with Crippen LogP contribution in [0.2, 0.25) is 0 Å². The third-order valence-corrected chi connectivity index (χ3v) is 2.91. The summed E-state index contributed by atoms with van der Waals surface area (Å²) in [5, 5.41) is 6.38. The number of aryl methyl sites for hydroxylation is 1. The van der Waals surface area contributed by atoms with E-state index in [9.17, 15) is 13.2 Å². The van der Waals surface area contributed by atoms with Crippen molar-refractivity contribution in [3.63, 3.8) is 0 Å². The van der Waals surface area contributed by atoms with Crippen LogP contribution in [0.4, 0.5) is 18.9 Å². The normalized spacial score (nSPS) is 11.6. The van der Waals surface area contributed by atoms with Crippen molar-refractivity contribution in [2.45, 2.75) is 19.6 Å². The Morgan fingerprint density at radius 2 is 2.05 bits per heavy atom. The number of aromatic nitrogens is 1. The predicted molar refractivity (Wildman–Crippen MR) is 67.7 cm³/mol. The Balaban J connectivity index is 2.21. The van der Waals surface area contributed by atoms with Crippen LogP contribution in [0.15, 0.2) is 33.3 Å². The molecule has 0 amide bonds. The van der Waals surface area contributed by atoms with Crippen LogP contribution in [0.5, 0.6) is 0 Å². The van der Waals surface area contributed by atoms with Crippen molar-refractivity contribution in [2.75, 3.05) is 5.32 Å². The van der Waals surface area contributed by atoms with Gasteiger partial charge in [0, 0.05) is 16.2 Å². The fourth-order valence-electron chi connectivity index (χ4n) is 1.59. The molecule has 0 fully saturated rings. The Bertz CT molecular complexity index is 581. The summed E-state index contributed by atoms with van der Waals surface area (Å²) >= 11 is 3.15. The van der Waals surface area contributed by atoms with Gasteiger partial charge < -0.3 is 9.84 Å². The number of halogens is 4. The van der Waals surface area contributed by atoms with E-state index in [1.54, 1.807) is 13.0 Å². The summed E-state index contributed by atoms with van der Waals surface area (Å²) in [6, 6.07) is 5.43. The number of alkyl halides is 3. The fourth-order valence-corrected chi connectivity index (χ4v) is 1.95. The molecule has 0 saturated carbocycles. The molecule has 0 spiro atoms. The quantitative estimate of drug-likeness (QED) is 0.905. The lowest BCUT2D eigenvalue weighted by Crippen LogP contribution is -2.10. The van der Waals surface area contributed by atoms with Crippen LogP contribution in [-0.4, -0.2) is 5.16 Å². The second-order valence-corrected chi connectivity index (χ2v) is 4.89. The lowest BCUT2D eigenvalue weighted by Gasteiger charge is -2.14. The molecule has 1 N–H and O–H groups in total. The minimum atomic E-state index is -4.40. The van der Waals surface area contributed by atoms with Gasteiger partial charge in [-0.25, -0.2) is 0 Å². The minimum absolute atomic E-state index is 0.00377. The highest BCUT2D eigenvalue weighted by atomic mass is 79.9. The Labute approximate surface area is 115 Å². The lowest BCUT2D eigenvalue weighted by atomic mass is 10.1. The Morgan fingerprint density at radius 1 is 1.32 bits per heavy atom. The predicted octanol–water partition coefficient (Wildman–Crippen LogP) is 4.38. The maximum Gasteiger partial charge on any atom is 0.418 e. The number of nitrogens with one attached hydrogen (secondary N) is 1. The number of hydrogen-bond donors (Lipinski definition) is 1. The topological polar surface area (TPSA) is 38.1 Å². The van der Waals surface area contributed by atoms with E-state index in [1.807, 2.05) is 0 Å². The second kappa shape index (κ2) is 5.24. The molecule has 2 rings (SSSR count). The summed E-state index contributed by atoms with van der Waals surface area (Å²) in [6.07, 6.45) is -4.40. The van der Waals surface area contributed by atoms with Gasteiger partial charge in [0.15, 0.2) is 5.76 Å². The van der Waals surface area contributed by atoms with Gasteiger partial charge >= 0.3 is 6.18 Å². The number of rotatable bonds is 3. The first-order chi connectivity index (χ1) is 8.86. The van der Waals surface area contributed by atoms with Gasteiger partial charge in [-0.3, -0.25) is 0 Å². The van der Waals surface area contributed by atoms with Crippen LogP contribution in [-0.2, 0) is 12.7 Å². The van der Waals surface area contributed by atoms with Gasteiger partial charge in [-0.15, -0.1) is 0 Å². The SMILES string of the molecule is Cc1cc(CNc2cc(Br)ccc2C(F)(F)F)on1. The van der Waals surface area contributed by atoms with Gasteiger partial charge in [0.05, 0.1) is 17.8 Å². The van der Waals surface area contributed by atoms with Crippen molar-refractivity contribution in [1.29, 1.82) is 0 Å². The van der Waals surface area contributed by atoms with Gasteiger partial charge in [0.2, 0.25) is 0 Å². The van der Waals surface area contributed by atoms with Crippen molar-refractivity contribution >= 4 is 21.6 Å². The molecule has 0 saturated heterocycles. The van der Waals surface area contributed by atoms with Crippen LogP contribution >= 0.6 is 15.9 Å². The van der Waals surface area contributed by atoms with E-state index < -0.39 is 11.7 Å². The second-order valence-electron chi connectivity index (χ2n) is 3.98. The molecule has 0 aliphatic rings. The molecule has 3 nitrogen and oxygen atoms in total. The standard InChI is InChI=1S/C12H10BrF3N2O/c1-7-4-9(19-18-7)6-17-11-5-8(13)2-3-10(11)12(14,15)16/h2-5,17H,6H2,1H3. The van der Waals surface area contributed by atoms with Gasteiger partial charge in [-0.05, 0) is 25.1 Å². The highest BCUT2D eigenvalue weighted by molar-refractivity contribution is 9.10. The van der Waals surface area contributed by atoms with Gasteiger partial charge in [0.1, 0.15) is 0 Å². The molecule has 1 heterocycles. The first-order valence-corrected chi connectivity index (χ1v) is 6.18. The molecule has 0 aliphatic carbocycles. The lowest BCUT2D eigenvalue weighted by molar-refractivity contribution is -0.137. The summed E-state index contributed by atoms with van der Waals surface area (Å²) in [5.41, 5.74) is -0.0371. The zero-order chi connectivity index (χ0) is 14.0. The van der Waals surface area contributed by atoms with E-state index in [4.69, 9.17) is 4.52 Å². The number of nitrogens with zero attached hydrogens (tertiary/aromatic N) is 1. The van der Waals surface area contributed by atoms with Crippen LogP contribution in [0.25, 0.3) is 0 Å². The van der Waals surface area contributed by atoms with Crippen molar-refractivity contribution in [1.82, 2.24) is 5.16 Å². The maximum atomic E-state index is 12.8. The highest BCUT2D eigenvalue weighted by Crippen LogP contribution is 2.36. The summed E-state index contributed by atoms with van der Waals surface area (Å²) in [4.78, 5) is 0. The first-order valence-electron chi connectivity index (χ1n) is 5.39. The molecule has 1 aromatic heterocycles. The molecule has 0 aliphatic heterocycles. The molecular formula is C12H10BrF3N2O. The van der Waals surface area contributed by atoms with E-state index in [-0.39, 0.29) is 12.2 Å². The molecule has 0 bridgehead atoms. The smallest absolute Gasteiger partial charge is 0.377 e. The zero-order valence-corrected chi connectivity index (χ0v) is 11.5. The van der Waals surface area contributed by atoms with Crippen molar-refractivity contribution < 1.29 is 17.7 Å². The average molecular weight is 335 g/mol. The van der Waals surface area contributed by atoms with Gasteiger partial charge in [-0.1, -0.05) is 21.1 Å². The van der Waals surface area contributed by atoms with Crippen molar-refractivity contribution in [3.8, 4) is 0 Å². The number of anilines is 1. The zero-order valence-electron chi connectivity index (χ0n) is 9.88. The molecule has 1 aromatic carbocycles. The molecule has 102 valence electrons. The van der Waals surface area contributed by atoms with Crippen LogP contribution in [0.3, 0.4) is 0 Å². The fraction of sp³-hybridized carbons (Fsp3) is 0.250. The molecule has 0 atom stereocenters. The summed E-state index contributed by atoms with van der Waals surface area (Å²) in [5.74, 6) is 0.477. The molecule has 2 aromatic rings. The summed E-state index contributed by atoms with van der Waals surface area (Å²) < 4.78 is 44.0. The number of benzene rings is 1. The third kappa shape index (κ3) is 3.50. The van der Waals surface area contributed by atoms with E-state index in [1.165, 1.54) is 12.1 Å². The van der Waals surface area contributed by atoms with E-state index >= 15 is 0 Å². The van der Waals surface area contributed by atoms with E-state index in [0.717, 1.165) is 6.07 Å². The van der Waals surface area contributed by atoms with E-state index in [0.29, 0.717) is 15.9 Å². The number of hydrogen-bond acceptors (Lipinski definition) is 3. The molecule has 0 unspecified atom stereocenters. The van der Waals surface area contributed by atoms with E-state index in [2.05, 4.69) is 26.4 Å². The first kappa shape index (κ1) is 13.9. The largest absolute Gasteiger partial charge is 0.418 e. The highest BCUT2D eigenvalue weighted by Gasteiger charge is 2.33. The van der Waals surface area contributed by atoms with Crippen molar-refractivity contribution in [2.24, 2.45) is 0 Å². The van der Waals surface area contributed by atoms with Crippen LogP contribution < -0.4 is 5.32 Å².